The number of likely N-dealkylation sites (tertiary alicyclic amines) is 1. The highest BCUT2D eigenvalue weighted by atomic mass is 19.1. The first-order chi connectivity index (χ1) is 23.6. The molecule has 4 saturated heterocycles. The van der Waals surface area contributed by atoms with Crippen molar-refractivity contribution in [3.8, 4) is 11.5 Å². The number of rotatable bonds is 7. The van der Waals surface area contributed by atoms with Crippen LogP contribution in [0.2, 0.25) is 0 Å². The molecule has 5 aliphatic rings. The molecule has 1 aromatic heterocycles. The summed E-state index contributed by atoms with van der Waals surface area (Å²) >= 11 is 0. The average molecular weight is 693 g/mol. The Hall–Kier alpha value is -4.29. The summed E-state index contributed by atoms with van der Waals surface area (Å²) in [5.74, 6) is -0.331. The van der Waals surface area contributed by atoms with Gasteiger partial charge in [0.1, 0.15) is 35.3 Å². The van der Waals surface area contributed by atoms with Gasteiger partial charge in [0, 0.05) is 62.1 Å². The Morgan fingerprint density at radius 1 is 1.02 bits per heavy atom. The topological polar surface area (TPSA) is 125 Å². The molecule has 12 nitrogen and oxygen atoms in total. The van der Waals surface area contributed by atoms with Crippen molar-refractivity contribution in [1.29, 1.82) is 0 Å². The highest BCUT2D eigenvalue weighted by molar-refractivity contribution is 5.98. The Morgan fingerprint density at radius 3 is 2.32 bits per heavy atom. The average Bonchev–Trinajstić information content (AvgIpc) is 3.03. The number of carbonyl (C=O) groups is 4. The third kappa shape index (κ3) is 6.87. The van der Waals surface area contributed by atoms with E-state index in [-0.39, 0.29) is 58.9 Å². The quantitative estimate of drug-likeness (QED) is 0.372. The predicted octanol–water partition coefficient (Wildman–Crippen LogP) is 5.45. The van der Waals surface area contributed by atoms with Gasteiger partial charge in [-0.15, -0.1) is 0 Å². The number of halogens is 1. The summed E-state index contributed by atoms with van der Waals surface area (Å²) in [6, 6.07) is 2.58. The zero-order chi connectivity index (χ0) is 36.1. The van der Waals surface area contributed by atoms with E-state index in [1.807, 2.05) is 32.6 Å². The molecule has 5 fully saturated rings. The molecule has 4 aliphatic heterocycles. The maximum atomic E-state index is 14.4. The number of Topliss-reactive ketones (excluding diaryl/α,β-unsaturated/α-hetero) is 1. The molecule has 1 aliphatic carbocycles. The number of ketones is 1. The maximum absolute atomic E-state index is 14.4. The summed E-state index contributed by atoms with van der Waals surface area (Å²) in [6.45, 7) is 15.5. The highest BCUT2D eigenvalue weighted by Crippen LogP contribution is 2.46. The number of piperidine rings is 3. The Kier molecular flexibility index (Phi) is 9.55. The maximum Gasteiger partial charge on any atom is 0.411 e. The molecule has 3 atom stereocenters. The van der Waals surface area contributed by atoms with Crippen molar-refractivity contribution in [1.82, 2.24) is 24.7 Å². The van der Waals surface area contributed by atoms with Gasteiger partial charge in [-0.2, -0.15) is 0 Å². The lowest BCUT2D eigenvalue weighted by Crippen LogP contribution is -2.67. The van der Waals surface area contributed by atoms with Crippen LogP contribution in [0.15, 0.2) is 30.7 Å². The minimum atomic E-state index is -0.825. The fourth-order valence-corrected chi connectivity index (χ4v) is 8.20. The van der Waals surface area contributed by atoms with Gasteiger partial charge < -0.3 is 24.2 Å². The molecule has 5 heterocycles. The number of hydrogen-bond donors (Lipinski definition) is 0. The summed E-state index contributed by atoms with van der Waals surface area (Å²) in [6.07, 6.45) is 5.55. The van der Waals surface area contributed by atoms with E-state index in [4.69, 9.17) is 9.47 Å². The zero-order valence-electron chi connectivity index (χ0n) is 30.1. The van der Waals surface area contributed by atoms with Crippen molar-refractivity contribution in [2.75, 3.05) is 31.1 Å². The monoisotopic (exact) mass is 692 g/mol. The molecule has 270 valence electrons. The van der Waals surface area contributed by atoms with E-state index in [1.165, 1.54) is 24.5 Å². The van der Waals surface area contributed by atoms with E-state index in [2.05, 4.69) is 14.9 Å². The number of aromatic nitrogens is 2. The zero-order valence-corrected chi connectivity index (χ0v) is 30.1. The lowest BCUT2D eigenvalue weighted by atomic mass is 9.71. The molecular weight excluding hydrogens is 643 g/mol. The number of carbonyl (C=O) groups excluding carboxylic acids is 4. The lowest BCUT2D eigenvalue weighted by molar-refractivity contribution is -0.155. The van der Waals surface area contributed by atoms with Gasteiger partial charge in [-0.1, -0.05) is 0 Å². The number of anilines is 1. The van der Waals surface area contributed by atoms with E-state index in [1.54, 1.807) is 36.8 Å². The van der Waals surface area contributed by atoms with Crippen LogP contribution in [0, 0.1) is 17.2 Å². The summed E-state index contributed by atoms with van der Waals surface area (Å²) in [5.41, 5.74) is -0.635. The van der Waals surface area contributed by atoms with Crippen LogP contribution >= 0.6 is 0 Å². The highest BCUT2D eigenvalue weighted by Gasteiger charge is 2.55. The smallest absolute Gasteiger partial charge is 0.411 e. The number of fused-ring (bicyclic) bond motifs is 3. The second kappa shape index (κ2) is 13.4. The van der Waals surface area contributed by atoms with Crippen LogP contribution in [-0.2, 0) is 14.3 Å². The fraction of sp³-hybridized carbons (Fsp3) is 0.622. The van der Waals surface area contributed by atoms with Crippen molar-refractivity contribution < 1.29 is 33.0 Å². The summed E-state index contributed by atoms with van der Waals surface area (Å²) < 4.78 is 26.4. The van der Waals surface area contributed by atoms with Crippen molar-refractivity contribution in [2.45, 2.75) is 110 Å². The molecule has 50 heavy (non-hydrogen) atoms. The molecule has 1 spiro atoms. The largest absolute Gasteiger partial charge is 0.451 e. The number of hydrogen-bond acceptors (Lipinski definition) is 9. The summed E-state index contributed by atoms with van der Waals surface area (Å²) in [5, 5.41) is 0. The Labute approximate surface area is 293 Å². The first kappa shape index (κ1) is 35.5. The van der Waals surface area contributed by atoms with Gasteiger partial charge in [0.25, 0.3) is 5.91 Å². The molecule has 3 amide bonds. The van der Waals surface area contributed by atoms with Crippen LogP contribution in [0.3, 0.4) is 0 Å². The van der Waals surface area contributed by atoms with Crippen LogP contribution in [-0.4, -0.2) is 104 Å². The SMILES string of the molecule is CC(C)N(C(=O)c1cc(F)ccc1Oc1cncnc1N1CC2(CCN(C(=O)[C@H]3[C@@H]4CC[C@@H](CC4=O)N3C(=O)OC(C)(C)C)CC2)C1)C(C)C. The first-order valence-electron chi connectivity index (χ1n) is 17.8. The van der Waals surface area contributed by atoms with E-state index in [0.717, 1.165) is 12.8 Å². The lowest BCUT2D eigenvalue weighted by Gasteiger charge is -2.55. The van der Waals surface area contributed by atoms with Crippen LogP contribution < -0.4 is 9.64 Å². The third-order valence-corrected chi connectivity index (χ3v) is 10.5. The van der Waals surface area contributed by atoms with E-state index in [0.29, 0.717) is 50.6 Å². The molecule has 2 aromatic rings. The summed E-state index contributed by atoms with van der Waals surface area (Å²) in [7, 11) is 0. The van der Waals surface area contributed by atoms with Gasteiger partial charge in [0.15, 0.2) is 11.6 Å². The molecule has 1 saturated carbocycles. The molecular formula is C37H49FN6O6. The minimum absolute atomic E-state index is 0.0444. The van der Waals surface area contributed by atoms with Crippen molar-refractivity contribution in [2.24, 2.45) is 11.3 Å². The van der Waals surface area contributed by atoms with E-state index >= 15 is 0 Å². The van der Waals surface area contributed by atoms with Crippen LogP contribution in [0.25, 0.3) is 0 Å². The number of nitrogens with zero attached hydrogens (tertiary/aromatic N) is 6. The van der Waals surface area contributed by atoms with Gasteiger partial charge in [0.2, 0.25) is 5.91 Å². The molecule has 13 heteroatoms. The van der Waals surface area contributed by atoms with Crippen LogP contribution in [0.5, 0.6) is 11.5 Å². The number of amides is 3. The van der Waals surface area contributed by atoms with Crippen molar-refractivity contribution in [3.05, 3.63) is 42.1 Å². The van der Waals surface area contributed by atoms with Crippen LogP contribution in [0.4, 0.5) is 15.0 Å². The van der Waals surface area contributed by atoms with Crippen molar-refractivity contribution >= 4 is 29.5 Å². The van der Waals surface area contributed by atoms with E-state index < -0.39 is 29.5 Å². The molecule has 2 bridgehead atoms. The predicted molar refractivity (Wildman–Crippen MR) is 183 cm³/mol. The molecule has 7 rings (SSSR count). The van der Waals surface area contributed by atoms with Gasteiger partial charge in [-0.25, -0.2) is 19.2 Å². The normalized spacial score (nSPS) is 23.0. The van der Waals surface area contributed by atoms with Crippen LogP contribution in [0.1, 0.15) is 90.9 Å². The second-order valence-corrected chi connectivity index (χ2v) is 15.9. The third-order valence-electron chi connectivity index (χ3n) is 10.5. The molecule has 0 unspecified atom stereocenters. The van der Waals surface area contributed by atoms with Gasteiger partial charge in [-0.05, 0) is 92.3 Å². The molecule has 0 radical (unpaired) electrons. The Morgan fingerprint density at radius 2 is 1.70 bits per heavy atom. The van der Waals surface area contributed by atoms with Gasteiger partial charge in [-0.3, -0.25) is 19.3 Å². The second-order valence-electron chi connectivity index (χ2n) is 15.9. The first-order valence-corrected chi connectivity index (χ1v) is 17.8. The number of ether oxygens (including phenoxy) is 2. The standard InChI is InChI=1S/C37H49FN6O6/c1-22(2)43(23(3)4)33(46)27-16-24(38)8-11-29(27)49-30-18-39-21-40-32(30)42-19-37(20-42)12-14-41(15-13-37)34(47)31-26-10-9-25(17-28(26)45)44(31)35(48)50-36(5,6)7/h8,11,16,18,21-23,25-26,31H,9-10,12-15,17,19-20H2,1-7H3/t25-,26+,31+/m0/s1. The fourth-order valence-electron chi connectivity index (χ4n) is 8.20. The van der Waals surface area contributed by atoms with E-state index in [9.17, 15) is 23.6 Å². The van der Waals surface area contributed by atoms with Gasteiger partial charge >= 0.3 is 6.09 Å². The number of benzene rings is 1. The molecule has 0 N–H and O–H groups in total. The molecule has 1 aromatic carbocycles. The van der Waals surface area contributed by atoms with Gasteiger partial charge in [0.05, 0.1) is 11.8 Å². The Balaban J connectivity index is 1.13. The Bertz CT molecular complexity index is 1630. The van der Waals surface area contributed by atoms with Crippen molar-refractivity contribution in [3.63, 3.8) is 0 Å². The summed E-state index contributed by atoms with van der Waals surface area (Å²) in [4.78, 5) is 69.7. The minimum Gasteiger partial charge on any atom is -0.451 e.